The van der Waals surface area contributed by atoms with E-state index in [0.29, 0.717) is 23.6 Å². The van der Waals surface area contributed by atoms with Crippen LogP contribution in [0.3, 0.4) is 0 Å². The zero-order valence-electron chi connectivity index (χ0n) is 19.2. The van der Waals surface area contributed by atoms with Crippen LogP contribution in [0.1, 0.15) is 29.0 Å². The summed E-state index contributed by atoms with van der Waals surface area (Å²) in [5.74, 6) is -1.18. The standard InChI is InChI=1S/C25H25ClFN3O5S/c26-19-5-9-22(10-6-19)36(33,34)30-13-11-17(12-14-30)23(25(32)28-16-21-2-1-15-35-21)29-24(31)18-3-7-20(27)8-4-18/h1-10,15,17,23H,11-14,16H2,(H,28,32)(H,29,31)/t23-/m0/s1. The molecule has 190 valence electrons. The quantitative estimate of drug-likeness (QED) is 0.460. The molecule has 0 spiro atoms. The van der Waals surface area contributed by atoms with Gasteiger partial charge in [-0.1, -0.05) is 11.6 Å². The lowest BCUT2D eigenvalue weighted by molar-refractivity contribution is -0.124. The molecule has 0 radical (unpaired) electrons. The average Bonchev–Trinajstić information content (AvgIpc) is 3.40. The third-order valence-electron chi connectivity index (χ3n) is 6.11. The van der Waals surface area contributed by atoms with Crippen LogP contribution in [0.2, 0.25) is 5.02 Å². The Morgan fingerprint density at radius 3 is 2.33 bits per heavy atom. The highest BCUT2D eigenvalue weighted by Gasteiger charge is 2.36. The number of benzene rings is 2. The molecule has 1 aliphatic heterocycles. The molecule has 1 fully saturated rings. The van der Waals surface area contributed by atoms with E-state index in [1.807, 2.05) is 0 Å². The Balaban J connectivity index is 1.46. The van der Waals surface area contributed by atoms with Crippen molar-refractivity contribution in [2.24, 2.45) is 5.92 Å². The first kappa shape index (κ1) is 25.9. The molecule has 0 bridgehead atoms. The molecule has 4 rings (SSSR count). The first-order chi connectivity index (χ1) is 17.2. The first-order valence-corrected chi connectivity index (χ1v) is 13.2. The van der Waals surface area contributed by atoms with Gasteiger partial charge in [0.25, 0.3) is 5.91 Å². The van der Waals surface area contributed by atoms with Gasteiger partial charge in [-0.05, 0) is 79.4 Å². The van der Waals surface area contributed by atoms with E-state index >= 15 is 0 Å². The number of nitrogens with zero attached hydrogens (tertiary/aromatic N) is 1. The molecule has 0 unspecified atom stereocenters. The van der Waals surface area contributed by atoms with Gasteiger partial charge < -0.3 is 15.1 Å². The molecule has 1 atom stereocenters. The van der Waals surface area contributed by atoms with Gasteiger partial charge in [0.05, 0.1) is 17.7 Å². The third-order valence-corrected chi connectivity index (χ3v) is 8.28. The molecule has 1 aliphatic rings. The number of hydrogen-bond donors (Lipinski definition) is 2. The van der Waals surface area contributed by atoms with Crippen LogP contribution in [0.15, 0.2) is 76.2 Å². The van der Waals surface area contributed by atoms with Gasteiger partial charge in [-0.3, -0.25) is 9.59 Å². The molecule has 1 aromatic heterocycles. The minimum atomic E-state index is -3.72. The predicted molar refractivity (Wildman–Crippen MR) is 131 cm³/mol. The second-order valence-electron chi connectivity index (χ2n) is 8.45. The molecule has 2 aromatic carbocycles. The summed E-state index contributed by atoms with van der Waals surface area (Å²) in [5, 5.41) is 5.96. The fraction of sp³-hybridized carbons (Fsp3) is 0.280. The van der Waals surface area contributed by atoms with E-state index in [4.69, 9.17) is 16.0 Å². The van der Waals surface area contributed by atoms with Gasteiger partial charge in [0, 0.05) is 23.7 Å². The number of nitrogens with one attached hydrogen (secondary N) is 2. The van der Waals surface area contributed by atoms with Crippen LogP contribution in [0.25, 0.3) is 0 Å². The molecular weight excluding hydrogens is 509 g/mol. The molecular formula is C25H25ClFN3O5S. The number of carbonyl (C=O) groups is 2. The maximum atomic E-state index is 13.3. The molecule has 36 heavy (non-hydrogen) atoms. The van der Waals surface area contributed by atoms with Gasteiger partial charge in [-0.15, -0.1) is 0 Å². The van der Waals surface area contributed by atoms with Crippen molar-refractivity contribution in [1.82, 2.24) is 14.9 Å². The lowest BCUT2D eigenvalue weighted by atomic mass is 9.89. The Bertz CT molecular complexity index is 1290. The molecule has 2 N–H and O–H groups in total. The maximum Gasteiger partial charge on any atom is 0.251 e. The zero-order valence-corrected chi connectivity index (χ0v) is 20.8. The highest BCUT2D eigenvalue weighted by molar-refractivity contribution is 7.89. The predicted octanol–water partition coefficient (Wildman–Crippen LogP) is 3.59. The van der Waals surface area contributed by atoms with E-state index in [0.717, 1.165) is 0 Å². The molecule has 0 aliphatic carbocycles. The Morgan fingerprint density at radius 2 is 1.72 bits per heavy atom. The number of piperidine rings is 1. The minimum absolute atomic E-state index is 0.137. The van der Waals surface area contributed by atoms with Crippen LogP contribution in [-0.4, -0.2) is 43.7 Å². The van der Waals surface area contributed by atoms with E-state index in [-0.39, 0.29) is 36.0 Å². The molecule has 0 saturated carbocycles. The SMILES string of the molecule is O=C(N[C@H](C(=O)NCc1ccco1)C1CCN(S(=O)(=O)c2ccc(Cl)cc2)CC1)c1ccc(F)cc1. The number of rotatable bonds is 8. The number of carbonyl (C=O) groups excluding carboxylic acids is 2. The van der Waals surface area contributed by atoms with E-state index in [9.17, 15) is 22.4 Å². The van der Waals surface area contributed by atoms with Gasteiger partial charge in [0.15, 0.2) is 0 Å². The summed E-state index contributed by atoms with van der Waals surface area (Å²) in [5.41, 5.74) is 0.211. The van der Waals surface area contributed by atoms with Gasteiger partial charge in [-0.2, -0.15) is 4.31 Å². The first-order valence-electron chi connectivity index (χ1n) is 11.4. The number of hydrogen-bond acceptors (Lipinski definition) is 5. The third kappa shape index (κ3) is 6.13. The van der Waals surface area contributed by atoms with E-state index in [2.05, 4.69) is 10.6 Å². The summed E-state index contributed by atoms with van der Waals surface area (Å²) in [6, 6.07) is 13.5. The largest absolute Gasteiger partial charge is 0.467 e. The van der Waals surface area contributed by atoms with E-state index in [1.165, 1.54) is 59.1 Å². The van der Waals surface area contributed by atoms with Crippen molar-refractivity contribution in [3.63, 3.8) is 0 Å². The van der Waals surface area contributed by atoms with Crippen molar-refractivity contribution < 1.29 is 26.8 Å². The Labute approximate surface area is 213 Å². The minimum Gasteiger partial charge on any atom is -0.467 e. The van der Waals surface area contributed by atoms with Crippen molar-refractivity contribution in [3.05, 3.63) is 89.1 Å². The maximum absolute atomic E-state index is 13.3. The molecule has 8 nitrogen and oxygen atoms in total. The average molecular weight is 534 g/mol. The Hall–Kier alpha value is -3.21. The van der Waals surface area contributed by atoms with Crippen LogP contribution in [0.5, 0.6) is 0 Å². The lowest BCUT2D eigenvalue weighted by Gasteiger charge is -2.35. The lowest BCUT2D eigenvalue weighted by Crippen LogP contribution is -2.53. The fourth-order valence-corrected chi connectivity index (χ4v) is 5.72. The van der Waals surface area contributed by atoms with Crippen LogP contribution >= 0.6 is 11.6 Å². The van der Waals surface area contributed by atoms with Crippen LogP contribution in [0, 0.1) is 11.7 Å². The summed E-state index contributed by atoms with van der Waals surface area (Å²) < 4.78 is 45.9. The highest BCUT2D eigenvalue weighted by atomic mass is 35.5. The van der Waals surface area contributed by atoms with Crippen molar-refractivity contribution in [2.45, 2.75) is 30.3 Å². The molecule has 3 aromatic rings. The Morgan fingerprint density at radius 1 is 1.06 bits per heavy atom. The summed E-state index contributed by atoms with van der Waals surface area (Å²) in [6.45, 7) is 0.507. The summed E-state index contributed by atoms with van der Waals surface area (Å²) in [6.07, 6.45) is 2.21. The molecule has 2 amide bonds. The van der Waals surface area contributed by atoms with Crippen molar-refractivity contribution in [3.8, 4) is 0 Å². The number of halogens is 2. The monoisotopic (exact) mass is 533 g/mol. The molecule has 11 heteroatoms. The molecule has 1 saturated heterocycles. The summed E-state index contributed by atoms with van der Waals surface area (Å²) in [7, 11) is -3.72. The van der Waals surface area contributed by atoms with Crippen LogP contribution in [0.4, 0.5) is 4.39 Å². The van der Waals surface area contributed by atoms with Crippen LogP contribution in [-0.2, 0) is 21.4 Å². The highest BCUT2D eigenvalue weighted by Crippen LogP contribution is 2.27. The summed E-state index contributed by atoms with van der Waals surface area (Å²) in [4.78, 5) is 26.1. The van der Waals surface area contributed by atoms with E-state index < -0.39 is 33.7 Å². The van der Waals surface area contributed by atoms with Crippen LogP contribution < -0.4 is 10.6 Å². The van der Waals surface area contributed by atoms with Crippen molar-refractivity contribution in [2.75, 3.05) is 13.1 Å². The van der Waals surface area contributed by atoms with Gasteiger partial charge >= 0.3 is 0 Å². The van der Waals surface area contributed by atoms with Gasteiger partial charge in [-0.25, -0.2) is 12.8 Å². The number of furan rings is 1. The number of amides is 2. The number of sulfonamides is 1. The summed E-state index contributed by atoms with van der Waals surface area (Å²) >= 11 is 5.88. The van der Waals surface area contributed by atoms with E-state index in [1.54, 1.807) is 12.1 Å². The Kier molecular flexibility index (Phi) is 8.07. The van der Waals surface area contributed by atoms with Crippen molar-refractivity contribution >= 4 is 33.4 Å². The smallest absolute Gasteiger partial charge is 0.251 e. The topological polar surface area (TPSA) is 109 Å². The zero-order chi connectivity index (χ0) is 25.7. The second kappa shape index (κ2) is 11.2. The normalized spacial score (nSPS) is 15.8. The van der Waals surface area contributed by atoms with Gasteiger partial charge in [0.2, 0.25) is 15.9 Å². The second-order valence-corrected chi connectivity index (χ2v) is 10.8. The fourth-order valence-electron chi connectivity index (χ4n) is 4.13. The van der Waals surface area contributed by atoms with Crippen molar-refractivity contribution in [1.29, 1.82) is 0 Å². The molecule has 2 heterocycles. The van der Waals surface area contributed by atoms with Gasteiger partial charge in [0.1, 0.15) is 17.6 Å².